The molecule has 0 saturated heterocycles. The molecule has 2 aromatic carbocycles. The molecule has 0 aliphatic rings. The van der Waals surface area contributed by atoms with Gasteiger partial charge in [-0.05, 0) is 37.0 Å². The Morgan fingerprint density at radius 2 is 1.58 bits per heavy atom. The Kier molecular flexibility index (Phi) is 11.2. The van der Waals surface area contributed by atoms with Crippen molar-refractivity contribution in [2.24, 2.45) is 0 Å². The first kappa shape index (κ1) is 25.6. The van der Waals surface area contributed by atoms with Crippen LogP contribution in [0.2, 0.25) is 0 Å². The third kappa shape index (κ3) is 10.5. The number of hydrogen-bond acceptors (Lipinski definition) is 5. The summed E-state index contributed by atoms with van der Waals surface area (Å²) in [4.78, 5) is 48.1. The number of benzene rings is 2. The number of Topliss-reactive ketones (excluding diaryl/α,β-unsaturated/α-hetero) is 1. The van der Waals surface area contributed by atoms with Gasteiger partial charge in [0.2, 0.25) is 11.8 Å². The molecule has 2 aromatic rings. The van der Waals surface area contributed by atoms with E-state index >= 15 is 0 Å². The first-order valence-electron chi connectivity index (χ1n) is 11.1. The SMILES string of the molecule is CCC(=O)CC(=O)NCCCC[C@H](NC(=O)OCc1ccccc1)C(=O)Nc1ccccc1. The van der Waals surface area contributed by atoms with Crippen LogP contribution in [0.4, 0.5) is 10.5 Å². The van der Waals surface area contributed by atoms with E-state index in [1.807, 2.05) is 36.4 Å². The van der Waals surface area contributed by atoms with Crippen LogP contribution in [-0.4, -0.2) is 36.3 Å². The summed E-state index contributed by atoms with van der Waals surface area (Å²) in [5.74, 6) is -0.762. The monoisotopic (exact) mass is 453 g/mol. The van der Waals surface area contributed by atoms with Gasteiger partial charge in [-0.2, -0.15) is 0 Å². The molecule has 2 rings (SSSR count). The predicted octanol–water partition coefficient (Wildman–Crippen LogP) is 3.58. The van der Waals surface area contributed by atoms with E-state index in [-0.39, 0.29) is 30.6 Å². The summed E-state index contributed by atoms with van der Waals surface area (Å²) in [5.41, 5.74) is 1.47. The second-order valence-electron chi connectivity index (χ2n) is 7.53. The Morgan fingerprint density at radius 3 is 2.24 bits per heavy atom. The largest absolute Gasteiger partial charge is 0.445 e. The zero-order valence-electron chi connectivity index (χ0n) is 18.8. The van der Waals surface area contributed by atoms with Crippen molar-refractivity contribution in [2.75, 3.05) is 11.9 Å². The highest BCUT2D eigenvalue weighted by molar-refractivity contribution is 5.98. The summed E-state index contributed by atoms with van der Waals surface area (Å²) in [7, 11) is 0. The molecule has 1 atom stereocenters. The minimum absolute atomic E-state index is 0.0994. The number of para-hydroxylation sites is 1. The number of amides is 3. The fraction of sp³-hybridized carbons (Fsp3) is 0.360. The van der Waals surface area contributed by atoms with Crippen LogP contribution in [0.25, 0.3) is 0 Å². The molecule has 0 aromatic heterocycles. The number of nitrogens with one attached hydrogen (secondary N) is 3. The second-order valence-corrected chi connectivity index (χ2v) is 7.53. The van der Waals surface area contributed by atoms with Gasteiger partial charge in [-0.3, -0.25) is 14.4 Å². The van der Waals surface area contributed by atoms with E-state index in [9.17, 15) is 19.2 Å². The molecular formula is C25H31N3O5. The zero-order chi connectivity index (χ0) is 23.9. The second kappa shape index (κ2) is 14.4. The van der Waals surface area contributed by atoms with Crippen LogP contribution < -0.4 is 16.0 Å². The standard InChI is InChI=1S/C25H31N3O5/c1-2-21(29)17-23(30)26-16-10-9-15-22(24(31)27-20-13-7-4-8-14-20)28-25(32)33-18-19-11-5-3-6-12-19/h3-8,11-14,22H,2,9-10,15-18H2,1H3,(H,26,30)(H,27,31)(H,28,32)/t22-/m0/s1. The Labute approximate surface area is 194 Å². The van der Waals surface area contributed by atoms with E-state index in [4.69, 9.17) is 4.74 Å². The van der Waals surface area contributed by atoms with Gasteiger partial charge in [-0.25, -0.2) is 4.79 Å². The Morgan fingerprint density at radius 1 is 0.909 bits per heavy atom. The lowest BCUT2D eigenvalue weighted by Crippen LogP contribution is -2.44. The van der Waals surface area contributed by atoms with E-state index < -0.39 is 12.1 Å². The van der Waals surface area contributed by atoms with E-state index in [0.29, 0.717) is 37.9 Å². The van der Waals surface area contributed by atoms with Crippen molar-refractivity contribution < 1.29 is 23.9 Å². The number of unbranched alkanes of at least 4 members (excludes halogenated alkanes) is 1. The molecule has 33 heavy (non-hydrogen) atoms. The smallest absolute Gasteiger partial charge is 0.408 e. The number of carbonyl (C=O) groups is 4. The Balaban J connectivity index is 1.84. The summed E-state index contributed by atoms with van der Waals surface area (Å²) in [6.07, 6.45) is 1.07. The van der Waals surface area contributed by atoms with Crippen LogP contribution in [0, 0.1) is 0 Å². The molecule has 0 unspecified atom stereocenters. The quantitative estimate of drug-likeness (QED) is 0.317. The van der Waals surface area contributed by atoms with Crippen LogP contribution in [0.3, 0.4) is 0 Å². The molecule has 3 N–H and O–H groups in total. The summed E-state index contributed by atoms with van der Waals surface area (Å²) < 4.78 is 5.25. The van der Waals surface area contributed by atoms with Gasteiger partial charge in [0.05, 0.1) is 6.42 Å². The van der Waals surface area contributed by atoms with Crippen LogP contribution in [0.15, 0.2) is 60.7 Å². The summed E-state index contributed by atoms with van der Waals surface area (Å²) in [6, 6.07) is 17.4. The number of ketones is 1. The Bertz CT molecular complexity index is 903. The van der Waals surface area contributed by atoms with Crippen molar-refractivity contribution in [2.45, 2.75) is 51.7 Å². The minimum atomic E-state index is -0.800. The highest BCUT2D eigenvalue weighted by Crippen LogP contribution is 2.09. The molecule has 0 fully saturated rings. The fourth-order valence-electron chi connectivity index (χ4n) is 2.99. The molecular weight excluding hydrogens is 422 g/mol. The van der Waals surface area contributed by atoms with Gasteiger partial charge in [0.15, 0.2) is 0 Å². The van der Waals surface area contributed by atoms with Gasteiger partial charge in [-0.15, -0.1) is 0 Å². The molecule has 0 aliphatic heterocycles. The first-order chi connectivity index (χ1) is 16.0. The molecule has 8 heteroatoms. The maximum absolute atomic E-state index is 12.8. The molecule has 0 saturated carbocycles. The number of carbonyl (C=O) groups excluding carboxylic acids is 4. The average Bonchev–Trinajstić information content (AvgIpc) is 2.83. The van der Waals surface area contributed by atoms with Gasteiger partial charge >= 0.3 is 6.09 Å². The van der Waals surface area contributed by atoms with Gasteiger partial charge in [-0.1, -0.05) is 55.5 Å². The third-order valence-corrected chi connectivity index (χ3v) is 4.86. The van der Waals surface area contributed by atoms with Gasteiger partial charge in [0.25, 0.3) is 0 Å². The number of anilines is 1. The van der Waals surface area contributed by atoms with Gasteiger partial charge in [0.1, 0.15) is 18.4 Å². The molecule has 3 amide bonds. The maximum Gasteiger partial charge on any atom is 0.408 e. The molecule has 0 radical (unpaired) electrons. The zero-order valence-corrected chi connectivity index (χ0v) is 18.8. The number of alkyl carbamates (subject to hydrolysis) is 1. The normalized spacial score (nSPS) is 11.2. The lowest BCUT2D eigenvalue weighted by Gasteiger charge is -2.18. The van der Waals surface area contributed by atoms with Gasteiger partial charge in [0, 0.05) is 18.7 Å². The first-order valence-corrected chi connectivity index (χ1v) is 11.1. The van der Waals surface area contributed by atoms with Crippen LogP contribution in [0.1, 0.15) is 44.6 Å². The lowest BCUT2D eigenvalue weighted by atomic mass is 10.1. The lowest BCUT2D eigenvalue weighted by molar-refractivity contribution is -0.128. The fourth-order valence-corrected chi connectivity index (χ4v) is 2.99. The van der Waals surface area contributed by atoms with E-state index in [0.717, 1.165) is 5.56 Å². The van der Waals surface area contributed by atoms with Crippen LogP contribution in [-0.2, 0) is 25.7 Å². The third-order valence-electron chi connectivity index (χ3n) is 4.86. The molecule has 8 nitrogen and oxygen atoms in total. The summed E-state index contributed by atoms with van der Waals surface area (Å²) >= 11 is 0. The molecule has 176 valence electrons. The number of rotatable bonds is 13. The number of hydrogen-bond donors (Lipinski definition) is 3. The number of ether oxygens (including phenoxy) is 1. The topological polar surface area (TPSA) is 114 Å². The average molecular weight is 454 g/mol. The van der Waals surface area contributed by atoms with E-state index in [1.54, 1.807) is 31.2 Å². The van der Waals surface area contributed by atoms with E-state index in [2.05, 4.69) is 16.0 Å². The van der Waals surface area contributed by atoms with Crippen molar-refractivity contribution in [1.82, 2.24) is 10.6 Å². The minimum Gasteiger partial charge on any atom is -0.445 e. The molecule has 0 bridgehead atoms. The van der Waals surface area contributed by atoms with Gasteiger partial charge < -0.3 is 20.7 Å². The summed E-state index contributed by atoms with van der Waals surface area (Å²) in [6.45, 7) is 2.21. The maximum atomic E-state index is 12.8. The van der Waals surface area contributed by atoms with Crippen molar-refractivity contribution in [3.8, 4) is 0 Å². The molecule has 0 heterocycles. The van der Waals surface area contributed by atoms with Crippen molar-refractivity contribution in [3.05, 3.63) is 66.2 Å². The van der Waals surface area contributed by atoms with Crippen molar-refractivity contribution in [3.63, 3.8) is 0 Å². The predicted molar refractivity (Wildman–Crippen MR) is 125 cm³/mol. The van der Waals surface area contributed by atoms with Crippen LogP contribution >= 0.6 is 0 Å². The van der Waals surface area contributed by atoms with Crippen molar-refractivity contribution >= 4 is 29.4 Å². The van der Waals surface area contributed by atoms with E-state index in [1.165, 1.54) is 0 Å². The molecule has 0 aliphatic carbocycles. The Hall–Kier alpha value is -3.68. The highest BCUT2D eigenvalue weighted by atomic mass is 16.5. The molecule has 0 spiro atoms. The highest BCUT2D eigenvalue weighted by Gasteiger charge is 2.21. The summed E-state index contributed by atoms with van der Waals surface area (Å²) in [5, 5.41) is 8.12. The van der Waals surface area contributed by atoms with Crippen molar-refractivity contribution in [1.29, 1.82) is 0 Å². The van der Waals surface area contributed by atoms with Crippen LogP contribution in [0.5, 0.6) is 0 Å².